The van der Waals surface area contributed by atoms with Gasteiger partial charge in [-0.1, -0.05) is 60.7 Å². The molecule has 2 rings (SSSR count). The van der Waals surface area contributed by atoms with Crippen molar-refractivity contribution < 1.29 is 29.0 Å². The number of hydrogen-bond donors (Lipinski definition) is 1. The number of benzene rings is 2. The summed E-state index contributed by atoms with van der Waals surface area (Å²) in [7, 11) is 0. The molecule has 6 heteroatoms. The molecular weight excluding hydrogens is 396 g/mol. The summed E-state index contributed by atoms with van der Waals surface area (Å²) in [5, 5.41) is 9.75. The Morgan fingerprint density at radius 2 is 1.29 bits per heavy atom. The summed E-state index contributed by atoms with van der Waals surface area (Å²) in [6.45, 7) is 4.62. The second-order valence-corrected chi connectivity index (χ2v) is 8.61. The van der Waals surface area contributed by atoms with Gasteiger partial charge in [0.15, 0.2) is 0 Å². The molecule has 0 aliphatic rings. The molecule has 0 saturated carbocycles. The van der Waals surface area contributed by atoms with Gasteiger partial charge in [-0.25, -0.2) is 0 Å². The Bertz CT molecular complexity index is 855. The monoisotopic (exact) mass is 426 g/mol. The second kappa shape index (κ2) is 11.3. The van der Waals surface area contributed by atoms with Gasteiger partial charge in [0.05, 0.1) is 17.3 Å². The highest BCUT2D eigenvalue weighted by atomic mass is 16.7. The zero-order valence-electron chi connectivity index (χ0n) is 18.2. The van der Waals surface area contributed by atoms with Crippen LogP contribution in [0.4, 0.5) is 0 Å². The zero-order chi connectivity index (χ0) is 22.9. The largest absolute Gasteiger partial charge is 0.481 e. The summed E-state index contributed by atoms with van der Waals surface area (Å²) in [6.07, 6.45) is 0.768. The molecule has 0 aromatic heterocycles. The normalized spacial score (nSPS) is 13.1. The Hall–Kier alpha value is -3.15. The molecule has 0 spiro atoms. The van der Waals surface area contributed by atoms with Crippen LogP contribution in [-0.4, -0.2) is 29.8 Å². The summed E-state index contributed by atoms with van der Waals surface area (Å²) < 4.78 is 10.2. The number of carbonyl (C=O) groups is 3. The SMILES string of the molecule is CC(C)(C)C(=O)OCOC(=O)[C@@H](Cc1ccccc1)CC(Cc1ccccc1)C(=O)O. The molecule has 0 aliphatic carbocycles. The number of rotatable bonds is 10. The topological polar surface area (TPSA) is 89.9 Å². The summed E-state index contributed by atoms with van der Waals surface area (Å²) in [5.41, 5.74) is 1.08. The maximum absolute atomic E-state index is 12.8. The first-order chi connectivity index (χ1) is 14.7. The lowest BCUT2D eigenvalue weighted by atomic mass is 9.86. The predicted octanol–water partition coefficient (Wildman–Crippen LogP) is 4.27. The van der Waals surface area contributed by atoms with Crippen LogP contribution in [0.25, 0.3) is 0 Å². The van der Waals surface area contributed by atoms with E-state index >= 15 is 0 Å². The fourth-order valence-electron chi connectivity index (χ4n) is 3.15. The standard InChI is InChI=1S/C25H30O6/c1-25(2,3)24(29)31-17-30-23(28)21(15-19-12-8-5-9-13-19)16-20(22(26)27)14-18-10-6-4-7-11-18/h4-13,20-21H,14-17H2,1-3H3,(H,26,27)/t20?,21-/m0/s1. The van der Waals surface area contributed by atoms with Gasteiger partial charge in [0.2, 0.25) is 6.79 Å². The van der Waals surface area contributed by atoms with E-state index in [2.05, 4.69) is 0 Å². The number of ether oxygens (including phenoxy) is 2. The molecular formula is C25H30O6. The van der Waals surface area contributed by atoms with Crippen molar-refractivity contribution in [3.8, 4) is 0 Å². The number of carbonyl (C=O) groups excluding carboxylic acids is 2. The van der Waals surface area contributed by atoms with Crippen molar-refractivity contribution in [3.63, 3.8) is 0 Å². The van der Waals surface area contributed by atoms with Crippen LogP contribution in [0.1, 0.15) is 38.3 Å². The van der Waals surface area contributed by atoms with Crippen LogP contribution in [0, 0.1) is 17.3 Å². The van der Waals surface area contributed by atoms with Gasteiger partial charge < -0.3 is 14.6 Å². The Labute approximate surface area is 183 Å². The minimum absolute atomic E-state index is 0.116. The molecule has 0 bridgehead atoms. The Morgan fingerprint density at radius 3 is 1.74 bits per heavy atom. The molecule has 0 heterocycles. The van der Waals surface area contributed by atoms with E-state index in [0.717, 1.165) is 11.1 Å². The number of carboxylic acids is 1. The van der Waals surface area contributed by atoms with Crippen molar-refractivity contribution in [3.05, 3.63) is 71.8 Å². The fraction of sp³-hybridized carbons (Fsp3) is 0.400. The van der Waals surface area contributed by atoms with E-state index in [-0.39, 0.29) is 6.42 Å². The van der Waals surface area contributed by atoms with E-state index in [4.69, 9.17) is 9.47 Å². The number of esters is 2. The number of hydrogen-bond acceptors (Lipinski definition) is 5. The van der Waals surface area contributed by atoms with Gasteiger partial charge in [-0.15, -0.1) is 0 Å². The lowest BCUT2D eigenvalue weighted by Crippen LogP contribution is -2.29. The highest BCUT2D eigenvalue weighted by Crippen LogP contribution is 2.23. The zero-order valence-corrected chi connectivity index (χ0v) is 18.2. The van der Waals surface area contributed by atoms with Gasteiger partial charge in [0, 0.05) is 0 Å². The van der Waals surface area contributed by atoms with Crippen molar-refractivity contribution in [2.45, 2.75) is 40.0 Å². The summed E-state index contributed by atoms with van der Waals surface area (Å²) >= 11 is 0. The molecule has 2 atom stereocenters. The first kappa shape index (κ1) is 24.1. The molecule has 0 amide bonds. The highest BCUT2D eigenvalue weighted by molar-refractivity contribution is 5.77. The van der Waals surface area contributed by atoms with Gasteiger partial charge in [0.1, 0.15) is 0 Å². The maximum atomic E-state index is 12.8. The van der Waals surface area contributed by atoms with Gasteiger partial charge >= 0.3 is 17.9 Å². The van der Waals surface area contributed by atoms with Crippen LogP contribution in [0.3, 0.4) is 0 Å². The van der Waals surface area contributed by atoms with Crippen LogP contribution in [-0.2, 0) is 36.7 Å². The van der Waals surface area contributed by atoms with Crippen molar-refractivity contribution >= 4 is 17.9 Å². The molecule has 0 radical (unpaired) electrons. The van der Waals surface area contributed by atoms with Crippen molar-refractivity contribution in [1.82, 2.24) is 0 Å². The number of carboxylic acid groups (broad SMARTS) is 1. The summed E-state index contributed by atoms with van der Waals surface area (Å²) in [5.74, 6) is -3.45. The van der Waals surface area contributed by atoms with Crippen molar-refractivity contribution in [2.24, 2.45) is 17.3 Å². The Morgan fingerprint density at radius 1 is 0.806 bits per heavy atom. The van der Waals surface area contributed by atoms with Crippen LogP contribution >= 0.6 is 0 Å². The molecule has 1 unspecified atom stereocenters. The Balaban J connectivity index is 2.10. The molecule has 2 aromatic carbocycles. The van der Waals surface area contributed by atoms with Crippen LogP contribution in [0.15, 0.2) is 60.7 Å². The molecule has 1 N–H and O–H groups in total. The average molecular weight is 427 g/mol. The van der Waals surface area contributed by atoms with E-state index in [1.165, 1.54) is 0 Å². The molecule has 6 nitrogen and oxygen atoms in total. The quantitative estimate of drug-likeness (QED) is 0.451. The fourth-order valence-corrected chi connectivity index (χ4v) is 3.15. The lowest BCUT2D eigenvalue weighted by molar-refractivity contribution is -0.175. The third-order valence-electron chi connectivity index (χ3n) is 4.91. The van der Waals surface area contributed by atoms with E-state index in [1.807, 2.05) is 60.7 Å². The third-order valence-corrected chi connectivity index (χ3v) is 4.91. The molecule has 2 aromatic rings. The summed E-state index contributed by atoms with van der Waals surface area (Å²) in [4.78, 5) is 36.6. The van der Waals surface area contributed by atoms with Crippen molar-refractivity contribution in [2.75, 3.05) is 6.79 Å². The lowest BCUT2D eigenvalue weighted by Gasteiger charge is -2.21. The minimum Gasteiger partial charge on any atom is -0.481 e. The minimum atomic E-state index is -0.964. The smallest absolute Gasteiger partial charge is 0.314 e. The highest BCUT2D eigenvalue weighted by Gasteiger charge is 2.30. The van der Waals surface area contributed by atoms with Crippen LogP contribution < -0.4 is 0 Å². The molecule has 0 fully saturated rings. The number of aliphatic carboxylic acids is 1. The molecule has 0 aliphatic heterocycles. The maximum Gasteiger partial charge on any atom is 0.314 e. The van der Waals surface area contributed by atoms with Gasteiger partial charge in [0.25, 0.3) is 0 Å². The summed E-state index contributed by atoms with van der Waals surface area (Å²) in [6, 6.07) is 18.7. The first-order valence-electron chi connectivity index (χ1n) is 10.3. The van der Waals surface area contributed by atoms with Crippen LogP contribution in [0.2, 0.25) is 0 Å². The Kier molecular flexibility index (Phi) is 8.79. The molecule has 166 valence electrons. The third kappa shape index (κ3) is 8.24. The molecule has 31 heavy (non-hydrogen) atoms. The van der Waals surface area contributed by atoms with Crippen LogP contribution in [0.5, 0.6) is 0 Å². The average Bonchev–Trinajstić information content (AvgIpc) is 2.73. The first-order valence-corrected chi connectivity index (χ1v) is 10.3. The van der Waals surface area contributed by atoms with E-state index in [9.17, 15) is 19.5 Å². The van der Waals surface area contributed by atoms with E-state index in [0.29, 0.717) is 12.8 Å². The van der Waals surface area contributed by atoms with E-state index < -0.39 is 42.0 Å². The van der Waals surface area contributed by atoms with E-state index in [1.54, 1.807) is 20.8 Å². The molecule has 0 saturated heterocycles. The predicted molar refractivity (Wildman–Crippen MR) is 116 cm³/mol. The van der Waals surface area contributed by atoms with Gasteiger partial charge in [-0.05, 0) is 51.2 Å². The van der Waals surface area contributed by atoms with Gasteiger partial charge in [-0.2, -0.15) is 0 Å². The van der Waals surface area contributed by atoms with Crippen molar-refractivity contribution in [1.29, 1.82) is 0 Å². The second-order valence-electron chi connectivity index (χ2n) is 8.61. The van der Waals surface area contributed by atoms with Gasteiger partial charge in [-0.3, -0.25) is 14.4 Å².